The normalized spacial score (nSPS) is 12.3. The predicted octanol–water partition coefficient (Wildman–Crippen LogP) is 3.82. The van der Waals surface area contributed by atoms with Crippen molar-refractivity contribution < 1.29 is 17.6 Å². The van der Waals surface area contributed by atoms with Crippen LogP contribution in [-0.4, -0.2) is 19.9 Å². The standard InChI is InChI=1S/C13H16BrClFNO3S/c1-4-13(3,5-2)17-12(18)9-6-8(14)7-10(11(9)16)21(15,19)20/h6-7H,4-5H2,1-3H3,(H,17,18). The van der Waals surface area contributed by atoms with Crippen LogP contribution in [0, 0.1) is 5.82 Å². The highest BCUT2D eigenvalue weighted by molar-refractivity contribution is 9.10. The summed E-state index contributed by atoms with van der Waals surface area (Å²) in [6.45, 7) is 5.63. The van der Waals surface area contributed by atoms with Crippen LogP contribution in [0.5, 0.6) is 0 Å². The molecular weight excluding hydrogens is 385 g/mol. The predicted molar refractivity (Wildman–Crippen MR) is 83.6 cm³/mol. The van der Waals surface area contributed by atoms with Crippen molar-refractivity contribution in [1.29, 1.82) is 0 Å². The summed E-state index contributed by atoms with van der Waals surface area (Å²) < 4.78 is 37.2. The Balaban J connectivity index is 3.32. The average molecular weight is 401 g/mol. The molecule has 1 rings (SSSR count). The van der Waals surface area contributed by atoms with Gasteiger partial charge in [-0.3, -0.25) is 4.79 Å². The van der Waals surface area contributed by atoms with Crippen molar-refractivity contribution in [3.8, 4) is 0 Å². The second-order valence-electron chi connectivity index (χ2n) is 4.93. The molecule has 0 aliphatic carbocycles. The van der Waals surface area contributed by atoms with Crippen molar-refractivity contribution in [3.63, 3.8) is 0 Å². The van der Waals surface area contributed by atoms with E-state index >= 15 is 0 Å². The van der Waals surface area contributed by atoms with Gasteiger partial charge in [-0.05, 0) is 31.9 Å². The first-order valence-corrected chi connectivity index (χ1v) is 9.40. The SMILES string of the molecule is CCC(C)(CC)NC(=O)c1cc(Br)cc(S(=O)(=O)Cl)c1F. The summed E-state index contributed by atoms with van der Waals surface area (Å²) in [5, 5.41) is 2.72. The van der Waals surface area contributed by atoms with Gasteiger partial charge in [-0.2, -0.15) is 0 Å². The van der Waals surface area contributed by atoms with Crippen molar-refractivity contribution in [2.45, 2.75) is 44.0 Å². The zero-order valence-electron chi connectivity index (χ0n) is 11.8. The lowest BCUT2D eigenvalue weighted by Gasteiger charge is -2.28. The zero-order valence-corrected chi connectivity index (χ0v) is 15.0. The fourth-order valence-electron chi connectivity index (χ4n) is 1.68. The summed E-state index contributed by atoms with van der Waals surface area (Å²) in [5.74, 6) is -1.83. The molecule has 0 heterocycles. The van der Waals surface area contributed by atoms with E-state index in [2.05, 4.69) is 21.2 Å². The molecule has 1 amide bonds. The maximum Gasteiger partial charge on any atom is 0.264 e. The van der Waals surface area contributed by atoms with E-state index in [0.717, 1.165) is 6.07 Å². The number of nitrogens with one attached hydrogen (secondary N) is 1. The summed E-state index contributed by atoms with van der Waals surface area (Å²) in [7, 11) is 0.900. The highest BCUT2D eigenvalue weighted by Gasteiger charge is 2.27. The molecule has 0 unspecified atom stereocenters. The zero-order chi connectivity index (χ0) is 16.4. The van der Waals surface area contributed by atoms with Crippen LogP contribution in [0.1, 0.15) is 44.0 Å². The maximum atomic E-state index is 14.2. The molecule has 0 aliphatic heterocycles. The molecule has 0 spiro atoms. The van der Waals surface area contributed by atoms with E-state index in [1.54, 1.807) is 0 Å². The molecular formula is C13H16BrClFNO3S. The first kappa shape index (κ1) is 18.4. The van der Waals surface area contributed by atoms with Crippen LogP contribution in [0.4, 0.5) is 4.39 Å². The third-order valence-corrected chi connectivity index (χ3v) is 5.27. The van der Waals surface area contributed by atoms with E-state index in [1.807, 2.05) is 20.8 Å². The fourth-order valence-corrected chi connectivity index (χ4v) is 3.21. The Bertz CT molecular complexity index is 660. The number of benzene rings is 1. The van der Waals surface area contributed by atoms with Crippen LogP contribution in [-0.2, 0) is 9.05 Å². The Hall–Kier alpha value is -0.660. The molecule has 0 atom stereocenters. The number of amides is 1. The highest BCUT2D eigenvalue weighted by Crippen LogP contribution is 2.27. The molecule has 0 fully saturated rings. The molecule has 118 valence electrons. The Kier molecular flexibility index (Phi) is 5.80. The lowest BCUT2D eigenvalue weighted by Crippen LogP contribution is -2.45. The summed E-state index contributed by atoms with van der Waals surface area (Å²) in [6, 6.07) is 2.25. The largest absolute Gasteiger partial charge is 0.347 e. The number of carbonyl (C=O) groups is 1. The van der Waals surface area contributed by atoms with Gasteiger partial charge in [-0.15, -0.1) is 0 Å². The van der Waals surface area contributed by atoms with Crippen molar-refractivity contribution in [2.75, 3.05) is 0 Å². The smallest absolute Gasteiger partial charge is 0.264 e. The molecule has 1 N–H and O–H groups in total. The third-order valence-electron chi connectivity index (χ3n) is 3.49. The molecule has 21 heavy (non-hydrogen) atoms. The van der Waals surface area contributed by atoms with Gasteiger partial charge in [0.05, 0.1) is 5.56 Å². The van der Waals surface area contributed by atoms with Gasteiger partial charge in [-0.25, -0.2) is 12.8 Å². The fraction of sp³-hybridized carbons (Fsp3) is 0.462. The van der Waals surface area contributed by atoms with Crippen molar-refractivity contribution in [1.82, 2.24) is 5.32 Å². The maximum absolute atomic E-state index is 14.2. The van der Waals surface area contributed by atoms with Gasteiger partial charge in [0, 0.05) is 20.7 Å². The van der Waals surface area contributed by atoms with E-state index in [1.165, 1.54) is 6.07 Å². The van der Waals surface area contributed by atoms with Crippen LogP contribution in [0.3, 0.4) is 0 Å². The number of rotatable bonds is 5. The minimum atomic E-state index is -4.28. The van der Waals surface area contributed by atoms with E-state index in [4.69, 9.17) is 10.7 Å². The van der Waals surface area contributed by atoms with Crippen LogP contribution in [0.15, 0.2) is 21.5 Å². The number of hydrogen-bond acceptors (Lipinski definition) is 3. The summed E-state index contributed by atoms with van der Waals surface area (Å²) >= 11 is 3.05. The Labute approximate surface area is 136 Å². The minimum absolute atomic E-state index is 0.253. The Morgan fingerprint density at radius 3 is 2.33 bits per heavy atom. The topological polar surface area (TPSA) is 63.2 Å². The second-order valence-corrected chi connectivity index (χ2v) is 8.38. The molecule has 0 radical (unpaired) electrons. The molecule has 4 nitrogen and oxygen atoms in total. The highest BCUT2D eigenvalue weighted by atomic mass is 79.9. The van der Waals surface area contributed by atoms with Gasteiger partial charge in [0.15, 0.2) is 5.82 Å². The quantitative estimate of drug-likeness (QED) is 0.764. The second kappa shape index (κ2) is 6.62. The Morgan fingerprint density at radius 2 is 1.90 bits per heavy atom. The van der Waals surface area contributed by atoms with Crippen LogP contribution >= 0.6 is 26.6 Å². The van der Waals surface area contributed by atoms with Crippen molar-refractivity contribution in [2.24, 2.45) is 0 Å². The van der Waals surface area contributed by atoms with Gasteiger partial charge < -0.3 is 5.32 Å². The van der Waals surface area contributed by atoms with Crippen molar-refractivity contribution in [3.05, 3.63) is 28.0 Å². The van der Waals surface area contributed by atoms with Crippen molar-refractivity contribution >= 4 is 41.6 Å². The van der Waals surface area contributed by atoms with Gasteiger partial charge >= 0.3 is 0 Å². The van der Waals surface area contributed by atoms with E-state index in [9.17, 15) is 17.6 Å². The first-order chi connectivity index (χ1) is 9.54. The number of halogens is 3. The van der Waals surface area contributed by atoms with Crippen LogP contribution in [0.2, 0.25) is 0 Å². The molecule has 8 heteroatoms. The summed E-state index contributed by atoms with van der Waals surface area (Å²) in [6.07, 6.45) is 1.32. The lowest BCUT2D eigenvalue weighted by atomic mass is 9.95. The van der Waals surface area contributed by atoms with E-state index in [-0.39, 0.29) is 10.0 Å². The molecule has 0 aliphatic rings. The van der Waals surface area contributed by atoms with Gasteiger partial charge in [0.2, 0.25) is 0 Å². The van der Waals surface area contributed by atoms with Gasteiger partial charge in [0.25, 0.3) is 15.0 Å². The van der Waals surface area contributed by atoms with E-state index < -0.39 is 31.2 Å². The molecule has 1 aromatic rings. The average Bonchev–Trinajstić information content (AvgIpc) is 2.39. The minimum Gasteiger partial charge on any atom is -0.347 e. The third kappa shape index (κ3) is 4.40. The lowest BCUT2D eigenvalue weighted by molar-refractivity contribution is 0.0896. The van der Waals surface area contributed by atoms with Gasteiger partial charge in [0.1, 0.15) is 4.90 Å². The van der Waals surface area contributed by atoms with E-state index in [0.29, 0.717) is 12.8 Å². The van der Waals surface area contributed by atoms with Crippen LogP contribution in [0.25, 0.3) is 0 Å². The summed E-state index contributed by atoms with van der Waals surface area (Å²) in [4.78, 5) is 11.5. The number of hydrogen-bond donors (Lipinski definition) is 1. The Morgan fingerprint density at radius 1 is 1.38 bits per heavy atom. The molecule has 0 saturated heterocycles. The molecule has 1 aromatic carbocycles. The first-order valence-electron chi connectivity index (χ1n) is 6.30. The van der Waals surface area contributed by atoms with Gasteiger partial charge in [-0.1, -0.05) is 29.8 Å². The number of carbonyl (C=O) groups excluding carboxylic acids is 1. The monoisotopic (exact) mass is 399 g/mol. The molecule has 0 saturated carbocycles. The van der Waals surface area contributed by atoms with Crippen LogP contribution < -0.4 is 5.32 Å². The molecule has 0 bridgehead atoms. The molecule has 0 aromatic heterocycles. The summed E-state index contributed by atoms with van der Waals surface area (Å²) in [5.41, 5.74) is -0.858.